The Morgan fingerprint density at radius 2 is 1.86 bits per heavy atom. The molecule has 0 saturated carbocycles. The zero-order valence-corrected chi connectivity index (χ0v) is 12.7. The highest BCUT2D eigenvalue weighted by Gasteiger charge is 2.32. The minimum absolute atomic E-state index is 0.0672. The van der Waals surface area contributed by atoms with E-state index in [9.17, 15) is 4.79 Å². The van der Waals surface area contributed by atoms with Gasteiger partial charge in [0, 0.05) is 22.1 Å². The predicted octanol–water partition coefficient (Wildman–Crippen LogP) is 3.82. The van der Waals surface area contributed by atoms with Crippen LogP contribution < -0.4 is 10.5 Å². The highest BCUT2D eigenvalue weighted by atomic mass is 35.5. The number of ketones is 1. The first-order valence-corrected chi connectivity index (χ1v) is 7.13. The zero-order valence-electron chi connectivity index (χ0n) is 11.9. The lowest BCUT2D eigenvalue weighted by molar-refractivity contribution is 0.103. The van der Waals surface area contributed by atoms with E-state index < -0.39 is 0 Å². The molecule has 0 bridgehead atoms. The van der Waals surface area contributed by atoms with Crippen LogP contribution in [0.15, 0.2) is 36.4 Å². The van der Waals surface area contributed by atoms with Crippen LogP contribution in [0.5, 0.6) is 5.75 Å². The van der Waals surface area contributed by atoms with Gasteiger partial charge < -0.3 is 10.5 Å². The first-order chi connectivity index (χ1) is 9.88. The molecule has 108 valence electrons. The summed E-state index contributed by atoms with van der Waals surface area (Å²) in [6.07, 6.45) is 0. The number of anilines is 1. The van der Waals surface area contributed by atoms with Gasteiger partial charge in [-0.25, -0.2) is 0 Å². The summed E-state index contributed by atoms with van der Waals surface area (Å²) in [5.74, 6) is 0.786. The maximum atomic E-state index is 12.6. The van der Waals surface area contributed by atoms with E-state index in [1.807, 2.05) is 12.1 Å². The van der Waals surface area contributed by atoms with E-state index in [0.29, 0.717) is 28.4 Å². The van der Waals surface area contributed by atoms with E-state index in [0.717, 1.165) is 11.3 Å². The van der Waals surface area contributed by atoms with Crippen LogP contribution in [-0.2, 0) is 5.41 Å². The van der Waals surface area contributed by atoms with Crippen LogP contribution in [0.1, 0.15) is 35.3 Å². The summed E-state index contributed by atoms with van der Waals surface area (Å²) in [5.41, 5.74) is 8.30. The third-order valence-electron chi connectivity index (χ3n) is 3.82. The molecule has 2 aromatic rings. The van der Waals surface area contributed by atoms with Crippen molar-refractivity contribution in [3.63, 3.8) is 0 Å². The number of carbonyl (C=O) groups excluding carboxylic acids is 1. The van der Waals surface area contributed by atoms with Gasteiger partial charge in [-0.2, -0.15) is 0 Å². The lowest BCUT2D eigenvalue weighted by atomic mass is 9.85. The molecule has 0 fully saturated rings. The second kappa shape index (κ2) is 4.78. The van der Waals surface area contributed by atoms with Gasteiger partial charge in [-0.3, -0.25) is 4.79 Å². The maximum absolute atomic E-state index is 12.6. The summed E-state index contributed by atoms with van der Waals surface area (Å²) in [7, 11) is 0. The van der Waals surface area contributed by atoms with Gasteiger partial charge in [0.2, 0.25) is 0 Å². The van der Waals surface area contributed by atoms with Crippen molar-refractivity contribution in [3.8, 4) is 5.75 Å². The second-order valence-electron chi connectivity index (χ2n) is 5.95. The van der Waals surface area contributed by atoms with E-state index in [1.54, 1.807) is 24.3 Å². The van der Waals surface area contributed by atoms with Crippen molar-refractivity contribution in [3.05, 3.63) is 58.1 Å². The van der Waals surface area contributed by atoms with Gasteiger partial charge in [0.1, 0.15) is 5.75 Å². The van der Waals surface area contributed by atoms with Crippen molar-refractivity contribution in [2.24, 2.45) is 0 Å². The number of carbonyl (C=O) groups is 1. The van der Waals surface area contributed by atoms with E-state index in [4.69, 9.17) is 22.1 Å². The van der Waals surface area contributed by atoms with Gasteiger partial charge in [0.15, 0.2) is 5.78 Å². The summed E-state index contributed by atoms with van der Waals surface area (Å²) in [4.78, 5) is 12.6. The van der Waals surface area contributed by atoms with Crippen LogP contribution in [0, 0.1) is 0 Å². The molecule has 4 heteroatoms. The van der Waals surface area contributed by atoms with Gasteiger partial charge in [-0.15, -0.1) is 0 Å². The minimum atomic E-state index is -0.0790. The average molecular weight is 302 g/mol. The molecular formula is C17H16ClNO2. The molecule has 0 aliphatic carbocycles. The number of nitrogens with two attached hydrogens (primary N) is 1. The summed E-state index contributed by atoms with van der Waals surface area (Å²) in [6, 6.07) is 10.5. The Hall–Kier alpha value is -2.00. The van der Waals surface area contributed by atoms with Crippen molar-refractivity contribution in [2.75, 3.05) is 12.3 Å². The minimum Gasteiger partial charge on any atom is -0.492 e. The highest BCUT2D eigenvalue weighted by molar-refractivity contribution is 6.33. The second-order valence-corrected chi connectivity index (χ2v) is 6.36. The molecule has 2 N–H and O–H groups in total. The quantitative estimate of drug-likeness (QED) is 0.677. The van der Waals surface area contributed by atoms with Gasteiger partial charge in [-0.1, -0.05) is 25.4 Å². The Balaban J connectivity index is 2.01. The Morgan fingerprint density at radius 1 is 1.19 bits per heavy atom. The predicted molar refractivity (Wildman–Crippen MR) is 84.3 cm³/mol. The molecule has 1 aliphatic rings. The summed E-state index contributed by atoms with van der Waals surface area (Å²) in [5, 5.41) is 0.394. The Kier molecular flexibility index (Phi) is 3.18. The first kappa shape index (κ1) is 14.0. The molecule has 0 amide bonds. The fourth-order valence-electron chi connectivity index (χ4n) is 2.50. The number of nitrogen functional groups attached to an aromatic ring is 1. The molecule has 0 saturated heterocycles. The van der Waals surface area contributed by atoms with Gasteiger partial charge >= 0.3 is 0 Å². The van der Waals surface area contributed by atoms with Crippen LogP contribution in [0.25, 0.3) is 0 Å². The standard InChI is InChI=1S/C17H16ClNO2/c1-17(2)9-21-15-6-4-10(7-12(15)17)16(20)11-3-5-14(19)13(18)8-11/h3-8H,9,19H2,1-2H3. The SMILES string of the molecule is CC1(C)COc2ccc(C(=O)c3ccc(N)c(Cl)c3)cc21. The van der Waals surface area contributed by atoms with Crippen molar-refractivity contribution in [2.45, 2.75) is 19.3 Å². The topological polar surface area (TPSA) is 52.3 Å². The zero-order chi connectivity index (χ0) is 15.2. The van der Waals surface area contributed by atoms with Crippen molar-refractivity contribution in [1.82, 2.24) is 0 Å². The smallest absolute Gasteiger partial charge is 0.193 e. The Labute approximate surface area is 128 Å². The summed E-state index contributed by atoms with van der Waals surface area (Å²) < 4.78 is 5.64. The van der Waals surface area contributed by atoms with Crippen LogP contribution in [0.4, 0.5) is 5.69 Å². The molecule has 21 heavy (non-hydrogen) atoms. The number of hydrogen-bond acceptors (Lipinski definition) is 3. The van der Waals surface area contributed by atoms with E-state index in [-0.39, 0.29) is 11.2 Å². The molecule has 3 nitrogen and oxygen atoms in total. The molecule has 0 atom stereocenters. The fourth-order valence-corrected chi connectivity index (χ4v) is 2.68. The van der Waals surface area contributed by atoms with Crippen LogP contribution in [0.2, 0.25) is 5.02 Å². The molecule has 1 heterocycles. The lowest BCUT2D eigenvalue weighted by Crippen LogP contribution is -2.18. The summed E-state index contributed by atoms with van der Waals surface area (Å²) in [6.45, 7) is 4.84. The van der Waals surface area contributed by atoms with Crippen LogP contribution in [0.3, 0.4) is 0 Å². The lowest BCUT2D eigenvalue weighted by Gasteiger charge is -2.15. The number of fused-ring (bicyclic) bond motifs is 1. The normalized spacial score (nSPS) is 15.4. The third-order valence-corrected chi connectivity index (χ3v) is 4.15. The molecular weight excluding hydrogens is 286 g/mol. The van der Waals surface area contributed by atoms with Gasteiger partial charge in [-0.05, 0) is 36.4 Å². The fraction of sp³-hybridized carbons (Fsp3) is 0.235. The van der Waals surface area contributed by atoms with E-state index in [1.165, 1.54) is 0 Å². The molecule has 0 unspecified atom stereocenters. The number of benzene rings is 2. The molecule has 0 aromatic heterocycles. The van der Waals surface area contributed by atoms with Gasteiger partial charge in [0.25, 0.3) is 0 Å². The molecule has 0 radical (unpaired) electrons. The average Bonchev–Trinajstić information content (AvgIpc) is 2.76. The summed E-state index contributed by atoms with van der Waals surface area (Å²) >= 11 is 5.99. The first-order valence-electron chi connectivity index (χ1n) is 6.75. The van der Waals surface area contributed by atoms with Crippen molar-refractivity contribution < 1.29 is 9.53 Å². The molecule has 2 aromatic carbocycles. The number of halogens is 1. The molecule has 1 aliphatic heterocycles. The van der Waals surface area contributed by atoms with Crippen molar-refractivity contribution in [1.29, 1.82) is 0 Å². The third kappa shape index (κ3) is 2.38. The molecule has 3 rings (SSSR count). The van der Waals surface area contributed by atoms with Gasteiger partial charge in [0.05, 0.1) is 17.3 Å². The number of ether oxygens (including phenoxy) is 1. The van der Waals surface area contributed by atoms with Crippen molar-refractivity contribution >= 4 is 23.1 Å². The largest absolute Gasteiger partial charge is 0.492 e. The Bertz CT molecular complexity index is 738. The maximum Gasteiger partial charge on any atom is 0.193 e. The van der Waals surface area contributed by atoms with E-state index >= 15 is 0 Å². The van der Waals surface area contributed by atoms with Crippen LogP contribution in [-0.4, -0.2) is 12.4 Å². The molecule has 0 spiro atoms. The number of hydrogen-bond donors (Lipinski definition) is 1. The highest BCUT2D eigenvalue weighted by Crippen LogP contribution is 2.39. The monoisotopic (exact) mass is 301 g/mol. The van der Waals surface area contributed by atoms with E-state index in [2.05, 4.69) is 13.8 Å². The number of rotatable bonds is 2. The Morgan fingerprint density at radius 3 is 2.57 bits per heavy atom. The van der Waals surface area contributed by atoms with Crippen LogP contribution >= 0.6 is 11.6 Å².